The summed E-state index contributed by atoms with van der Waals surface area (Å²) >= 11 is 0. The van der Waals surface area contributed by atoms with E-state index in [2.05, 4.69) is 5.32 Å². The Hall–Kier alpha value is -3.35. The third kappa shape index (κ3) is 6.92. The highest BCUT2D eigenvalue weighted by molar-refractivity contribution is 5.96. The van der Waals surface area contributed by atoms with Gasteiger partial charge in [0, 0.05) is 12.7 Å². The molecule has 2 aromatic rings. The minimum atomic E-state index is -0.612. The largest absolute Gasteiger partial charge is 0.494 e. The molecule has 1 N–H and O–H groups in total. The zero-order valence-electron chi connectivity index (χ0n) is 17.9. The van der Waals surface area contributed by atoms with Crippen LogP contribution in [0.25, 0.3) is 0 Å². The number of esters is 1. The molecule has 30 heavy (non-hydrogen) atoms. The molecule has 0 saturated carbocycles. The van der Waals surface area contributed by atoms with E-state index in [-0.39, 0.29) is 12.5 Å². The van der Waals surface area contributed by atoms with Crippen molar-refractivity contribution in [2.45, 2.75) is 27.2 Å². The molecule has 0 spiro atoms. The third-order valence-corrected chi connectivity index (χ3v) is 4.36. The maximum absolute atomic E-state index is 12.2. The van der Waals surface area contributed by atoms with Crippen molar-refractivity contribution in [1.82, 2.24) is 4.90 Å². The molecule has 0 saturated heterocycles. The van der Waals surface area contributed by atoms with Crippen molar-refractivity contribution in [1.29, 1.82) is 0 Å². The molecular weight excluding hydrogens is 384 g/mol. The van der Waals surface area contributed by atoms with Gasteiger partial charge in [-0.2, -0.15) is 0 Å². The average Bonchev–Trinajstić information content (AvgIpc) is 2.73. The van der Waals surface area contributed by atoms with Gasteiger partial charge in [0.15, 0.2) is 6.61 Å². The smallest absolute Gasteiger partial charge is 0.338 e. The summed E-state index contributed by atoms with van der Waals surface area (Å²) in [5, 5.41) is 2.79. The summed E-state index contributed by atoms with van der Waals surface area (Å²) in [7, 11) is 1.48. The predicted molar refractivity (Wildman–Crippen MR) is 115 cm³/mol. The van der Waals surface area contributed by atoms with Gasteiger partial charge in [-0.3, -0.25) is 9.59 Å². The molecule has 0 fully saturated rings. The van der Waals surface area contributed by atoms with Crippen LogP contribution in [0.3, 0.4) is 0 Å². The molecule has 0 aromatic heterocycles. The Bertz CT molecular complexity index is 893. The summed E-state index contributed by atoms with van der Waals surface area (Å²) < 4.78 is 10.5. The number of nitrogens with one attached hydrogen (secondary N) is 1. The van der Waals surface area contributed by atoms with Crippen LogP contribution < -0.4 is 10.1 Å². The standard InChI is InChI=1S/C23H28N2O5/c1-5-12-29-19-10-8-18(9-11-19)23(28)30-15-22(27)25(4)14-21(26)24-20-13-16(2)6-7-17(20)3/h6-11,13H,5,12,14-15H2,1-4H3,(H,24,26). The number of nitrogens with zero attached hydrogens (tertiary/aromatic N) is 1. The molecule has 0 unspecified atom stereocenters. The van der Waals surface area contributed by atoms with Crippen LogP contribution in [-0.2, 0) is 14.3 Å². The highest BCUT2D eigenvalue weighted by atomic mass is 16.5. The van der Waals surface area contributed by atoms with Crippen molar-refractivity contribution in [3.8, 4) is 5.75 Å². The second-order valence-electron chi connectivity index (χ2n) is 7.07. The summed E-state index contributed by atoms with van der Waals surface area (Å²) in [4.78, 5) is 37.8. The van der Waals surface area contributed by atoms with Gasteiger partial charge in [-0.1, -0.05) is 19.1 Å². The molecule has 2 amide bonds. The summed E-state index contributed by atoms with van der Waals surface area (Å²) in [5.74, 6) is -0.742. The maximum atomic E-state index is 12.2. The van der Waals surface area contributed by atoms with Crippen molar-refractivity contribution in [3.05, 3.63) is 59.2 Å². The predicted octanol–water partition coefficient (Wildman–Crippen LogP) is 3.35. The highest BCUT2D eigenvalue weighted by Gasteiger charge is 2.16. The Balaban J connectivity index is 1.81. The van der Waals surface area contributed by atoms with Crippen LogP contribution in [0.4, 0.5) is 5.69 Å². The fraction of sp³-hybridized carbons (Fsp3) is 0.348. The summed E-state index contributed by atoms with van der Waals surface area (Å²) in [6, 6.07) is 12.3. The number of ether oxygens (including phenoxy) is 2. The molecule has 2 rings (SSSR count). The van der Waals surface area contributed by atoms with Crippen molar-refractivity contribution < 1.29 is 23.9 Å². The number of hydrogen-bond donors (Lipinski definition) is 1. The first kappa shape index (κ1) is 22.9. The molecule has 0 radical (unpaired) electrons. The normalized spacial score (nSPS) is 10.3. The lowest BCUT2D eigenvalue weighted by atomic mass is 10.1. The van der Waals surface area contributed by atoms with Gasteiger partial charge in [-0.05, 0) is 61.7 Å². The van der Waals surface area contributed by atoms with Gasteiger partial charge in [0.1, 0.15) is 5.75 Å². The molecule has 2 aromatic carbocycles. The number of benzene rings is 2. The van der Waals surface area contributed by atoms with Crippen LogP contribution in [0.2, 0.25) is 0 Å². The van der Waals surface area contributed by atoms with E-state index in [1.807, 2.05) is 39.0 Å². The van der Waals surface area contributed by atoms with Gasteiger partial charge in [-0.15, -0.1) is 0 Å². The number of aryl methyl sites for hydroxylation is 2. The van der Waals surface area contributed by atoms with Crippen LogP contribution in [0.1, 0.15) is 34.8 Å². The lowest BCUT2D eigenvalue weighted by Gasteiger charge is -2.17. The molecule has 7 nitrogen and oxygen atoms in total. The lowest BCUT2D eigenvalue weighted by molar-refractivity contribution is -0.136. The summed E-state index contributed by atoms with van der Waals surface area (Å²) in [6.45, 7) is 5.85. The van der Waals surface area contributed by atoms with E-state index in [9.17, 15) is 14.4 Å². The van der Waals surface area contributed by atoms with E-state index in [4.69, 9.17) is 9.47 Å². The SMILES string of the molecule is CCCOc1ccc(C(=O)OCC(=O)N(C)CC(=O)Nc2cc(C)ccc2C)cc1. The topological polar surface area (TPSA) is 84.9 Å². The first-order valence-corrected chi connectivity index (χ1v) is 9.81. The van der Waals surface area contributed by atoms with Crippen molar-refractivity contribution in [2.75, 3.05) is 32.1 Å². The zero-order chi connectivity index (χ0) is 22.1. The Morgan fingerprint density at radius 3 is 2.40 bits per heavy atom. The minimum Gasteiger partial charge on any atom is -0.494 e. The van der Waals surface area contributed by atoms with Gasteiger partial charge in [0.25, 0.3) is 5.91 Å². The van der Waals surface area contributed by atoms with E-state index in [1.165, 1.54) is 11.9 Å². The van der Waals surface area contributed by atoms with E-state index in [0.717, 1.165) is 17.5 Å². The molecular formula is C23H28N2O5. The number of carbonyl (C=O) groups excluding carboxylic acids is 3. The molecule has 0 aliphatic heterocycles. The second kappa shape index (κ2) is 11.0. The molecule has 0 atom stereocenters. The van der Waals surface area contributed by atoms with Gasteiger partial charge in [0.2, 0.25) is 5.91 Å². The highest BCUT2D eigenvalue weighted by Crippen LogP contribution is 2.16. The van der Waals surface area contributed by atoms with Crippen LogP contribution in [0, 0.1) is 13.8 Å². The lowest BCUT2D eigenvalue weighted by Crippen LogP contribution is -2.37. The Labute approximate surface area is 177 Å². The minimum absolute atomic E-state index is 0.146. The molecule has 7 heteroatoms. The quantitative estimate of drug-likeness (QED) is 0.639. The average molecular weight is 412 g/mol. The van der Waals surface area contributed by atoms with Crippen LogP contribution >= 0.6 is 0 Å². The number of hydrogen-bond acceptors (Lipinski definition) is 5. The monoisotopic (exact) mass is 412 g/mol. The maximum Gasteiger partial charge on any atom is 0.338 e. The van der Waals surface area contributed by atoms with E-state index < -0.39 is 18.5 Å². The summed E-state index contributed by atoms with van der Waals surface area (Å²) in [6.07, 6.45) is 0.891. The van der Waals surface area contributed by atoms with E-state index in [0.29, 0.717) is 23.6 Å². The molecule has 0 aliphatic carbocycles. The first-order valence-electron chi connectivity index (χ1n) is 9.81. The second-order valence-corrected chi connectivity index (χ2v) is 7.07. The van der Waals surface area contributed by atoms with Crippen molar-refractivity contribution in [2.24, 2.45) is 0 Å². The van der Waals surface area contributed by atoms with Gasteiger partial charge in [0.05, 0.1) is 18.7 Å². The first-order chi connectivity index (χ1) is 14.3. The van der Waals surface area contributed by atoms with Gasteiger partial charge in [-0.25, -0.2) is 4.79 Å². The van der Waals surface area contributed by atoms with Crippen molar-refractivity contribution in [3.63, 3.8) is 0 Å². The fourth-order valence-electron chi connectivity index (χ4n) is 2.59. The fourth-order valence-corrected chi connectivity index (χ4v) is 2.59. The van der Waals surface area contributed by atoms with Gasteiger partial charge < -0.3 is 19.7 Å². The number of rotatable bonds is 9. The van der Waals surface area contributed by atoms with Crippen LogP contribution in [-0.4, -0.2) is 49.5 Å². The number of anilines is 1. The van der Waals surface area contributed by atoms with Crippen LogP contribution in [0.5, 0.6) is 5.75 Å². The number of carbonyl (C=O) groups is 3. The van der Waals surface area contributed by atoms with Crippen LogP contribution in [0.15, 0.2) is 42.5 Å². The zero-order valence-corrected chi connectivity index (χ0v) is 17.9. The molecule has 0 bridgehead atoms. The molecule has 0 aliphatic rings. The Morgan fingerprint density at radius 2 is 1.73 bits per heavy atom. The Kier molecular flexibility index (Phi) is 8.41. The molecule has 160 valence electrons. The Morgan fingerprint density at radius 1 is 1.03 bits per heavy atom. The third-order valence-electron chi connectivity index (χ3n) is 4.36. The number of amides is 2. The molecule has 0 heterocycles. The number of likely N-dealkylation sites (N-methyl/N-ethyl adjacent to an activating group) is 1. The van der Waals surface area contributed by atoms with Gasteiger partial charge >= 0.3 is 5.97 Å². The summed E-state index contributed by atoms with van der Waals surface area (Å²) in [5.41, 5.74) is 2.99. The van der Waals surface area contributed by atoms with Crippen molar-refractivity contribution >= 4 is 23.5 Å². The van der Waals surface area contributed by atoms with E-state index in [1.54, 1.807) is 24.3 Å². The van der Waals surface area contributed by atoms with E-state index >= 15 is 0 Å².